The highest BCUT2D eigenvalue weighted by atomic mass is 16.5. The van der Waals surface area contributed by atoms with Crippen molar-refractivity contribution in [1.82, 2.24) is 5.32 Å². The molecule has 6 atom stereocenters. The third-order valence-electron chi connectivity index (χ3n) is 8.49. The van der Waals surface area contributed by atoms with Crippen LogP contribution in [0.15, 0.2) is 66.3 Å². The Bertz CT molecular complexity index is 1080. The molecule has 192 valence electrons. The lowest BCUT2D eigenvalue weighted by atomic mass is 9.48. The van der Waals surface area contributed by atoms with Crippen LogP contribution >= 0.6 is 0 Å². The number of esters is 2. The molecule has 1 amide bonds. The zero-order valence-corrected chi connectivity index (χ0v) is 21.1. The molecule has 0 radical (unpaired) electrons. The quantitative estimate of drug-likeness (QED) is 0.327. The highest BCUT2D eigenvalue weighted by Gasteiger charge is 2.59. The van der Waals surface area contributed by atoms with E-state index in [4.69, 9.17) is 15.2 Å². The van der Waals surface area contributed by atoms with Crippen LogP contribution in [0.4, 0.5) is 0 Å². The molecule has 3 N–H and O–H groups in total. The average molecular weight is 493 g/mol. The number of amides is 1. The van der Waals surface area contributed by atoms with Crippen LogP contribution in [-0.2, 0) is 30.3 Å². The first-order valence-corrected chi connectivity index (χ1v) is 12.6. The van der Waals surface area contributed by atoms with Gasteiger partial charge < -0.3 is 20.5 Å². The van der Waals surface area contributed by atoms with Gasteiger partial charge in [-0.15, -0.1) is 0 Å². The zero-order valence-electron chi connectivity index (χ0n) is 21.1. The first-order chi connectivity index (χ1) is 17.2. The summed E-state index contributed by atoms with van der Waals surface area (Å²) in [6, 6.07) is 8.81. The second-order valence-corrected chi connectivity index (χ2v) is 10.7. The largest absolute Gasteiger partial charge is 0.459 e. The summed E-state index contributed by atoms with van der Waals surface area (Å²) >= 11 is 0. The molecule has 1 aromatic rings. The minimum Gasteiger partial charge on any atom is -0.459 e. The van der Waals surface area contributed by atoms with E-state index in [2.05, 4.69) is 24.9 Å². The van der Waals surface area contributed by atoms with Crippen LogP contribution in [0.5, 0.6) is 0 Å². The monoisotopic (exact) mass is 492 g/mol. The van der Waals surface area contributed by atoms with E-state index in [1.54, 1.807) is 6.08 Å². The number of hydrogen-bond donors (Lipinski definition) is 2. The highest BCUT2D eigenvalue weighted by Crippen LogP contribution is 2.58. The predicted molar refractivity (Wildman–Crippen MR) is 136 cm³/mol. The summed E-state index contributed by atoms with van der Waals surface area (Å²) in [6.45, 7) is 8.82. The molecule has 0 aromatic heterocycles. The zero-order chi connectivity index (χ0) is 25.9. The van der Waals surface area contributed by atoms with Crippen LogP contribution in [-0.4, -0.2) is 42.6 Å². The van der Waals surface area contributed by atoms with Crippen molar-refractivity contribution in [2.45, 2.75) is 63.6 Å². The molecule has 4 rings (SSSR count). The average Bonchev–Trinajstić information content (AvgIpc) is 3.26. The Morgan fingerprint density at radius 1 is 1.31 bits per heavy atom. The molecule has 0 spiro atoms. The second-order valence-electron chi connectivity index (χ2n) is 10.7. The number of nitrogens with two attached hydrogens (primary N) is 1. The lowest BCUT2D eigenvalue weighted by molar-refractivity contribution is -0.169. The van der Waals surface area contributed by atoms with Crippen LogP contribution in [0.25, 0.3) is 0 Å². The molecule has 7 nitrogen and oxygen atoms in total. The fourth-order valence-electron chi connectivity index (χ4n) is 6.53. The van der Waals surface area contributed by atoms with Crippen molar-refractivity contribution in [1.29, 1.82) is 0 Å². The number of carbonyl (C=O) groups excluding carboxylic acids is 3. The van der Waals surface area contributed by atoms with Crippen molar-refractivity contribution in [2.24, 2.45) is 23.0 Å². The molecule has 36 heavy (non-hydrogen) atoms. The SMILES string of the molecule is C=C1CC[C@H]2[C@@](C)(CC[C@@H](OC(=O)[C@@H](N)Cc3ccccc3)[C@@]2(C)NC=O)[C@@H]1/C=C/C1=CCOC1=O. The van der Waals surface area contributed by atoms with Crippen LogP contribution in [0.2, 0.25) is 0 Å². The minimum absolute atomic E-state index is 0.00955. The van der Waals surface area contributed by atoms with E-state index in [9.17, 15) is 14.4 Å². The summed E-state index contributed by atoms with van der Waals surface area (Å²) < 4.78 is 11.0. The van der Waals surface area contributed by atoms with Gasteiger partial charge in [-0.2, -0.15) is 0 Å². The predicted octanol–water partition coefficient (Wildman–Crippen LogP) is 3.39. The summed E-state index contributed by atoms with van der Waals surface area (Å²) in [4.78, 5) is 36.7. The lowest BCUT2D eigenvalue weighted by Gasteiger charge is -2.60. The number of allylic oxidation sites excluding steroid dienone is 2. The molecule has 2 fully saturated rings. The van der Waals surface area contributed by atoms with Gasteiger partial charge in [0.2, 0.25) is 6.41 Å². The van der Waals surface area contributed by atoms with Crippen LogP contribution in [0, 0.1) is 17.3 Å². The maximum absolute atomic E-state index is 13.0. The van der Waals surface area contributed by atoms with Gasteiger partial charge in [0.1, 0.15) is 18.8 Å². The van der Waals surface area contributed by atoms with Crippen molar-refractivity contribution < 1.29 is 23.9 Å². The molecule has 3 aliphatic rings. The van der Waals surface area contributed by atoms with Gasteiger partial charge in [0.05, 0.1) is 11.1 Å². The molecule has 0 saturated heterocycles. The van der Waals surface area contributed by atoms with Crippen LogP contribution < -0.4 is 11.1 Å². The molecule has 0 bridgehead atoms. The number of ether oxygens (including phenoxy) is 2. The van der Waals surface area contributed by atoms with Gasteiger partial charge >= 0.3 is 11.9 Å². The van der Waals surface area contributed by atoms with E-state index < -0.39 is 23.7 Å². The molecule has 7 heteroatoms. The van der Waals surface area contributed by atoms with Gasteiger partial charge in [-0.3, -0.25) is 9.59 Å². The van der Waals surface area contributed by atoms with Gasteiger partial charge in [-0.1, -0.05) is 61.6 Å². The maximum Gasteiger partial charge on any atom is 0.338 e. The maximum atomic E-state index is 13.0. The Morgan fingerprint density at radius 3 is 2.72 bits per heavy atom. The summed E-state index contributed by atoms with van der Waals surface area (Å²) in [5.41, 5.74) is 7.82. The Labute approximate surface area is 212 Å². The van der Waals surface area contributed by atoms with E-state index in [1.807, 2.05) is 43.3 Å². The van der Waals surface area contributed by atoms with Crippen LogP contribution in [0.3, 0.4) is 0 Å². The van der Waals surface area contributed by atoms with Gasteiger partial charge in [-0.25, -0.2) is 4.79 Å². The second kappa shape index (κ2) is 10.4. The van der Waals surface area contributed by atoms with Crippen molar-refractivity contribution in [3.63, 3.8) is 0 Å². The van der Waals surface area contributed by atoms with Gasteiger partial charge in [0.15, 0.2) is 0 Å². The summed E-state index contributed by atoms with van der Waals surface area (Å²) in [5.74, 6) is -0.744. The molecular weight excluding hydrogens is 456 g/mol. The standard InChI is InChI=1S/C29H36N2O5/c1-19-9-12-24-28(2,22(19)11-10-21-14-16-35-26(21)33)15-13-25(29(24,3)31-18-32)36-27(34)23(30)17-20-7-5-4-6-8-20/h4-8,10-11,14,18,22-25H,1,9,12-13,15-17,30H2,2-3H3,(H,31,32)/b11-10+/t22-,23+,24+,25-,28+,29+/m1/s1. The minimum atomic E-state index is -0.789. The van der Waals surface area contributed by atoms with E-state index in [1.165, 1.54) is 0 Å². The lowest BCUT2D eigenvalue weighted by Crippen LogP contribution is -2.67. The number of cyclic esters (lactones) is 1. The molecule has 2 aliphatic carbocycles. The third-order valence-corrected chi connectivity index (χ3v) is 8.49. The number of carbonyl (C=O) groups is 3. The van der Waals surface area contributed by atoms with Gasteiger partial charge in [0.25, 0.3) is 0 Å². The van der Waals surface area contributed by atoms with Crippen molar-refractivity contribution >= 4 is 18.3 Å². The van der Waals surface area contributed by atoms with E-state index >= 15 is 0 Å². The number of fused-ring (bicyclic) bond motifs is 1. The van der Waals surface area contributed by atoms with E-state index in [0.29, 0.717) is 31.4 Å². The van der Waals surface area contributed by atoms with Crippen LogP contribution in [0.1, 0.15) is 45.1 Å². The Hall–Kier alpha value is -3.19. The molecule has 2 saturated carbocycles. The van der Waals surface area contributed by atoms with Crippen molar-refractivity contribution in [3.8, 4) is 0 Å². The van der Waals surface area contributed by atoms with E-state index in [0.717, 1.165) is 30.4 Å². The number of benzene rings is 1. The summed E-state index contributed by atoms with van der Waals surface area (Å²) in [6.07, 6.45) is 9.19. The third kappa shape index (κ3) is 4.89. The van der Waals surface area contributed by atoms with Gasteiger partial charge in [-0.05, 0) is 62.0 Å². The molecule has 1 heterocycles. The summed E-state index contributed by atoms with van der Waals surface area (Å²) in [7, 11) is 0. The Morgan fingerprint density at radius 2 is 2.06 bits per heavy atom. The van der Waals surface area contributed by atoms with Gasteiger partial charge in [0, 0.05) is 5.92 Å². The Kier molecular flexibility index (Phi) is 7.50. The smallest absolute Gasteiger partial charge is 0.338 e. The topological polar surface area (TPSA) is 108 Å². The number of hydrogen-bond acceptors (Lipinski definition) is 6. The molecule has 0 unspecified atom stereocenters. The molecule has 1 aliphatic heterocycles. The number of nitrogens with one attached hydrogen (secondary N) is 1. The normalized spacial score (nSPS) is 32.9. The summed E-state index contributed by atoms with van der Waals surface area (Å²) in [5, 5.41) is 3.03. The number of rotatable bonds is 8. The first kappa shape index (κ1) is 25.9. The fourth-order valence-corrected chi connectivity index (χ4v) is 6.53. The molecule has 1 aromatic carbocycles. The van der Waals surface area contributed by atoms with Crippen molar-refractivity contribution in [3.05, 3.63) is 71.8 Å². The highest BCUT2D eigenvalue weighted by molar-refractivity contribution is 5.93. The Balaban J connectivity index is 1.54. The van der Waals surface area contributed by atoms with Crippen molar-refractivity contribution in [2.75, 3.05) is 6.61 Å². The first-order valence-electron chi connectivity index (χ1n) is 12.6. The van der Waals surface area contributed by atoms with E-state index in [-0.39, 0.29) is 23.2 Å². The fraction of sp³-hybridized carbons (Fsp3) is 0.483. The molecular formula is C29H36N2O5.